The lowest BCUT2D eigenvalue weighted by atomic mass is 10.3. The fourth-order valence-electron chi connectivity index (χ4n) is 1.05. The van der Waals surface area contributed by atoms with Crippen molar-refractivity contribution < 1.29 is 27.7 Å². The van der Waals surface area contributed by atoms with E-state index in [-0.39, 0.29) is 11.4 Å². The van der Waals surface area contributed by atoms with Gasteiger partial charge in [0.25, 0.3) is 10.1 Å². The van der Waals surface area contributed by atoms with Crippen molar-refractivity contribution in [3.63, 3.8) is 0 Å². The minimum atomic E-state index is -4.45. The molecule has 0 saturated carbocycles. The molecule has 0 radical (unpaired) electrons. The molecule has 92 valence electrons. The average molecular weight is 260 g/mol. The fourth-order valence-corrected chi connectivity index (χ4v) is 1.64. The maximum atomic E-state index is 10.8. The molecule has 0 aliphatic heterocycles. The van der Waals surface area contributed by atoms with E-state index in [0.717, 1.165) is 18.2 Å². The molecular formula is C8H8N2O6S. The lowest BCUT2D eigenvalue weighted by Crippen LogP contribution is -2.21. The lowest BCUT2D eigenvalue weighted by Gasteiger charge is -2.06. The zero-order valence-electron chi connectivity index (χ0n) is 8.25. The van der Waals surface area contributed by atoms with Gasteiger partial charge in [0.2, 0.25) is 0 Å². The van der Waals surface area contributed by atoms with Crippen molar-refractivity contribution in [1.82, 2.24) is 0 Å². The number of rotatable bonds is 2. The molecule has 1 amide bonds. The van der Waals surface area contributed by atoms with E-state index in [1.807, 2.05) is 5.32 Å². The molecule has 1 aromatic carbocycles. The van der Waals surface area contributed by atoms with E-state index in [9.17, 15) is 18.0 Å². The first-order chi connectivity index (χ1) is 7.71. The molecule has 1 rings (SSSR count). The minimum absolute atomic E-state index is 0.00213. The predicted octanol–water partition coefficient (Wildman–Crippen LogP) is -0.461. The van der Waals surface area contributed by atoms with Crippen LogP contribution in [0.4, 0.5) is 11.4 Å². The smallest absolute Gasteiger partial charge is 0.394 e. The Morgan fingerprint density at radius 2 is 1.88 bits per heavy atom. The van der Waals surface area contributed by atoms with Crippen LogP contribution in [0.2, 0.25) is 0 Å². The zero-order valence-corrected chi connectivity index (χ0v) is 9.06. The molecule has 0 aliphatic carbocycles. The highest BCUT2D eigenvalue weighted by Gasteiger charge is 2.16. The topological polar surface area (TPSA) is 147 Å². The third-order valence-corrected chi connectivity index (χ3v) is 2.67. The van der Waals surface area contributed by atoms with Crippen molar-refractivity contribution in [2.24, 2.45) is 0 Å². The Kier molecular flexibility index (Phi) is 3.34. The van der Waals surface area contributed by atoms with E-state index in [0.29, 0.717) is 0 Å². The van der Waals surface area contributed by atoms with Crippen LogP contribution in [-0.4, -0.2) is 30.0 Å². The number of carboxylic acids is 1. The summed E-state index contributed by atoms with van der Waals surface area (Å²) in [7, 11) is -4.45. The number of carbonyl (C=O) groups excluding carboxylic acids is 1. The van der Waals surface area contributed by atoms with Gasteiger partial charge in [0.05, 0.1) is 5.69 Å². The second-order valence-corrected chi connectivity index (χ2v) is 4.38. The van der Waals surface area contributed by atoms with E-state index in [1.165, 1.54) is 0 Å². The molecule has 0 fully saturated rings. The summed E-state index contributed by atoms with van der Waals surface area (Å²) in [5, 5.41) is 10.3. The molecule has 17 heavy (non-hydrogen) atoms. The molecule has 0 saturated heterocycles. The number of aliphatic carboxylic acids is 1. The van der Waals surface area contributed by atoms with Crippen LogP contribution in [-0.2, 0) is 19.7 Å². The summed E-state index contributed by atoms with van der Waals surface area (Å²) >= 11 is 0. The van der Waals surface area contributed by atoms with Gasteiger partial charge in [0.1, 0.15) is 4.90 Å². The van der Waals surface area contributed by atoms with Gasteiger partial charge >= 0.3 is 11.9 Å². The van der Waals surface area contributed by atoms with E-state index in [4.69, 9.17) is 15.4 Å². The first-order valence-electron chi connectivity index (χ1n) is 4.13. The molecule has 8 nitrogen and oxygen atoms in total. The summed E-state index contributed by atoms with van der Waals surface area (Å²) < 4.78 is 30.3. The van der Waals surface area contributed by atoms with Gasteiger partial charge in [-0.1, -0.05) is 0 Å². The van der Waals surface area contributed by atoms with Crippen LogP contribution < -0.4 is 11.1 Å². The van der Waals surface area contributed by atoms with Crippen LogP contribution in [0.3, 0.4) is 0 Å². The number of amides is 1. The maximum Gasteiger partial charge on any atom is 0.394 e. The molecule has 0 heterocycles. The Bertz CT molecular complexity index is 580. The van der Waals surface area contributed by atoms with E-state index in [1.54, 1.807) is 0 Å². The summed E-state index contributed by atoms with van der Waals surface area (Å²) in [6.45, 7) is 0. The lowest BCUT2D eigenvalue weighted by molar-refractivity contribution is -0.147. The summed E-state index contributed by atoms with van der Waals surface area (Å²) in [4.78, 5) is 20.5. The Morgan fingerprint density at radius 3 is 2.29 bits per heavy atom. The monoisotopic (exact) mass is 260 g/mol. The van der Waals surface area contributed by atoms with Crippen molar-refractivity contribution in [2.45, 2.75) is 4.90 Å². The molecule has 0 aliphatic rings. The van der Waals surface area contributed by atoms with Gasteiger partial charge in [-0.3, -0.25) is 9.35 Å². The molecule has 0 bridgehead atoms. The summed E-state index contributed by atoms with van der Waals surface area (Å²) in [6, 6.07) is 3.06. The Morgan fingerprint density at radius 1 is 1.29 bits per heavy atom. The molecule has 9 heteroatoms. The summed E-state index contributed by atoms with van der Waals surface area (Å²) in [6.07, 6.45) is 0. The first kappa shape index (κ1) is 12.9. The highest BCUT2D eigenvalue weighted by atomic mass is 32.2. The second kappa shape index (κ2) is 4.39. The molecule has 0 aromatic heterocycles. The van der Waals surface area contributed by atoms with Crippen LogP contribution in [0.15, 0.2) is 23.1 Å². The number of hydrogen-bond donors (Lipinski definition) is 4. The maximum absolute atomic E-state index is 10.8. The molecular weight excluding hydrogens is 252 g/mol. The van der Waals surface area contributed by atoms with Crippen molar-refractivity contribution in [1.29, 1.82) is 0 Å². The van der Waals surface area contributed by atoms with Gasteiger partial charge in [0.15, 0.2) is 0 Å². The van der Waals surface area contributed by atoms with Crippen LogP contribution in [0.25, 0.3) is 0 Å². The van der Waals surface area contributed by atoms with Gasteiger partial charge in [-0.05, 0) is 18.2 Å². The van der Waals surface area contributed by atoms with E-state index in [2.05, 4.69) is 0 Å². The van der Waals surface area contributed by atoms with Gasteiger partial charge in [-0.15, -0.1) is 0 Å². The Labute approximate surface area is 95.8 Å². The molecule has 5 N–H and O–H groups in total. The molecule has 1 aromatic rings. The normalized spacial score (nSPS) is 10.9. The van der Waals surface area contributed by atoms with Crippen LogP contribution >= 0.6 is 0 Å². The Balaban J connectivity index is 3.06. The predicted molar refractivity (Wildman–Crippen MR) is 56.9 cm³/mol. The Hall–Kier alpha value is -2.13. The summed E-state index contributed by atoms with van der Waals surface area (Å²) in [5.41, 5.74) is 5.01. The van der Waals surface area contributed by atoms with Crippen LogP contribution in [0.1, 0.15) is 0 Å². The second-order valence-electron chi connectivity index (χ2n) is 2.99. The van der Waals surface area contributed by atoms with E-state index >= 15 is 0 Å². The summed E-state index contributed by atoms with van der Waals surface area (Å²) in [5.74, 6) is -2.98. The first-order valence-corrected chi connectivity index (χ1v) is 5.57. The van der Waals surface area contributed by atoms with Crippen molar-refractivity contribution >= 4 is 33.4 Å². The third-order valence-electron chi connectivity index (χ3n) is 1.74. The fraction of sp³-hybridized carbons (Fsp3) is 0. The van der Waals surface area contributed by atoms with Gasteiger partial charge in [0, 0.05) is 5.69 Å². The van der Waals surface area contributed by atoms with Gasteiger partial charge < -0.3 is 16.2 Å². The van der Waals surface area contributed by atoms with Crippen molar-refractivity contribution in [3.8, 4) is 0 Å². The SMILES string of the molecule is Nc1cc(NC(=O)C(=O)O)ccc1S(=O)(=O)O. The number of nitrogens with two attached hydrogens (primary N) is 1. The number of benzene rings is 1. The average Bonchev–Trinajstić information content (AvgIpc) is 2.15. The third kappa shape index (κ3) is 3.16. The quantitative estimate of drug-likeness (QED) is 0.319. The van der Waals surface area contributed by atoms with Crippen molar-refractivity contribution in [2.75, 3.05) is 11.1 Å². The van der Waals surface area contributed by atoms with Crippen LogP contribution in [0, 0.1) is 0 Å². The number of hydrogen-bond acceptors (Lipinski definition) is 5. The van der Waals surface area contributed by atoms with Crippen LogP contribution in [0.5, 0.6) is 0 Å². The number of anilines is 2. The molecule has 0 spiro atoms. The number of carbonyl (C=O) groups is 2. The number of carboxylic acid groups (broad SMARTS) is 1. The molecule has 0 atom stereocenters. The number of nitrogen functional groups attached to an aromatic ring is 1. The minimum Gasteiger partial charge on any atom is -0.474 e. The number of nitrogens with one attached hydrogen (secondary N) is 1. The largest absolute Gasteiger partial charge is 0.474 e. The van der Waals surface area contributed by atoms with Gasteiger partial charge in [-0.2, -0.15) is 8.42 Å². The zero-order chi connectivity index (χ0) is 13.2. The highest BCUT2D eigenvalue weighted by molar-refractivity contribution is 7.86. The highest BCUT2D eigenvalue weighted by Crippen LogP contribution is 2.22. The van der Waals surface area contributed by atoms with E-state index < -0.39 is 26.9 Å². The molecule has 0 unspecified atom stereocenters. The van der Waals surface area contributed by atoms with Crippen molar-refractivity contribution in [3.05, 3.63) is 18.2 Å². The van der Waals surface area contributed by atoms with Gasteiger partial charge in [-0.25, -0.2) is 4.79 Å². The standard InChI is InChI=1S/C8H8N2O6S/c9-5-3-4(10-7(11)8(12)13)1-2-6(5)17(14,15)16/h1-3H,9H2,(H,10,11)(H,12,13)(H,14,15,16).